The maximum Gasteiger partial charge on any atom is 0.319 e. The number of non-ortho nitro benzene ring substituents is 1. The second kappa shape index (κ2) is 8.52. The van der Waals surface area contributed by atoms with E-state index in [0.29, 0.717) is 25.3 Å². The topological polar surface area (TPSA) is 93.5 Å². The van der Waals surface area contributed by atoms with Crippen LogP contribution in [0.5, 0.6) is 5.75 Å². The van der Waals surface area contributed by atoms with Crippen LogP contribution in [0.3, 0.4) is 0 Å². The van der Waals surface area contributed by atoms with E-state index in [0.717, 1.165) is 5.75 Å². The molecule has 0 bridgehead atoms. The number of hydrogen-bond acceptors (Lipinski definition) is 4. The van der Waals surface area contributed by atoms with Crippen LogP contribution in [0.1, 0.15) is 12.0 Å². The van der Waals surface area contributed by atoms with Crippen LogP contribution in [0.15, 0.2) is 48.5 Å². The smallest absolute Gasteiger partial charge is 0.319 e. The summed E-state index contributed by atoms with van der Waals surface area (Å²) in [6.45, 7) is 2.97. The molecular formula is C17H19N3O4. The summed E-state index contributed by atoms with van der Waals surface area (Å²) < 4.78 is 5.56. The van der Waals surface area contributed by atoms with Crippen molar-refractivity contribution in [2.24, 2.45) is 0 Å². The Morgan fingerprint density at radius 1 is 1.12 bits per heavy atom. The summed E-state index contributed by atoms with van der Waals surface area (Å²) in [5, 5.41) is 15.9. The number of carbonyl (C=O) groups excluding carboxylic acids is 1. The van der Waals surface area contributed by atoms with Crippen molar-refractivity contribution in [3.63, 3.8) is 0 Å². The number of aryl methyl sites for hydroxylation is 1. The van der Waals surface area contributed by atoms with E-state index >= 15 is 0 Å². The van der Waals surface area contributed by atoms with E-state index in [4.69, 9.17) is 4.74 Å². The fraction of sp³-hybridized carbons (Fsp3) is 0.235. The number of rotatable bonds is 7. The van der Waals surface area contributed by atoms with E-state index < -0.39 is 4.92 Å². The molecule has 0 unspecified atom stereocenters. The predicted molar refractivity (Wildman–Crippen MR) is 91.4 cm³/mol. The molecule has 0 saturated carbocycles. The van der Waals surface area contributed by atoms with Crippen molar-refractivity contribution in [2.45, 2.75) is 13.3 Å². The zero-order chi connectivity index (χ0) is 17.4. The quantitative estimate of drug-likeness (QED) is 0.462. The van der Waals surface area contributed by atoms with E-state index in [1.807, 2.05) is 31.2 Å². The number of nitrogens with one attached hydrogen (secondary N) is 2. The first kappa shape index (κ1) is 17.3. The molecular weight excluding hydrogens is 310 g/mol. The molecule has 126 valence electrons. The Hall–Kier alpha value is -3.09. The van der Waals surface area contributed by atoms with Gasteiger partial charge in [0.25, 0.3) is 5.69 Å². The Labute approximate surface area is 139 Å². The van der Waals surface area contributed by atoms with Crippen LogP contribution in [0.4, 0.5) is 16.2 Å². The van der Waals surface area contributed by atoms with Gasteiger partial charge in [0.2, 0.25) is 0 Å². The fourth-order valence-corrected chi connectivity index (χ4v) is 1.94. The molecule has 0 aliphatic rings. The molecule has 0 saturated heterocycles. The van der Waals surface area contributed by atoms with Gasteiger partial charge in [-0.3, -0.25) is 10.1 Å². The SMILES string of the molecule is Cc1ccc(OCCCNC(=O)Nc2ccc([N+](=O)[O-])cc2)cc1. The van der Waals surface area contributed by atoms with Crippen molar-refractivity contribution >= 4 is 17.4 Å². The highest BCUT2D eigenvalue weighted by atomic mass is 16.6. The average Bonchev–Trinajstić information content (AvgIpc) is 2.56. The minimum absolute atomic E-state index is 0.0192. The molecule has 2 N–H and O–H groups in total. The highest BCUT2D eigenvalue weighted by Gasteiger charge is 2.05. The predicted octanol–water partition coefficient (Wildman–Crippen LogP) is 3.49. The molecule has 0 heterocycles. The van der Waals surface area contributed by atoms with Gasteiger partial charge in [0.15, 0.2) is 0 Å². The van der Waals surface area contributed by atoms with Crippen LogP contribution in [0.2, 0.25) is 0 Å². The van der Waals surface area contributed by atoms with Crippen LogP contribution < -0.4 is 15.4 Å². The van der Waals surface area contributed by atoms with Crippen LogP contribution in [0, 0.1) is 17.0 Å². The number of nitrogens with zero attached hydrogens (tertiary/aromatic N) is 1. The third-order valence-corrected chi connectivity index (χ3v) is 3.23. The summed E-state index contributed by atoms with van der Waals surface area (Å²) in [4.78, 5) is 21.8. The van der Waals surface area contributed by atoms with Gasteiger partial charge in [-0.2, -0.15) is 0 Å². The van der Waals surface area contributed by atoms with Crippen LogP contribution in [-0.4, -0.2) is 24.1 Å². The first-order chi connectivity index (χ1) is 11.5. The third-order valence-electron chi connectivity index (χ3n) is 3.23. The molecule has 7 heteroatoms. The first-order valence-electron chi connectivity index (χ1n) is 7.53. The number of amides is 2. The number of hydrogen-bond donors (Lipinski definition) is 2. The fourth-order valence-electron chi connectivity index (χ4n) is 1.94. The summed E-state index contributed by atoms with van der Waals surface area (Å²) in [5.74, 6) is 0.802. The first-order valence-corrected chi connectivity index (χ1v) is 7.53. The van der Waals surface area contributed by atoms with Crippen LogP contribution >= 0.6 is 0 Å². The lowest BCUT2D eigenvalue weighted by atomic mass is 10.2. The standard InChI is InChI=1S/C17H19N3O4/c1-13-3-9-16(10-4-13)24-12-2-11-18-17(21)19-14-5-7-15(8-6-14)20(22)23/h3-10H,2,11-12H2,1H3,(H2,18,19,21). The summed E-state index contributed by atoms with van der Waals surface area (Å²) in [6, 6.07) is 13.1. The lowest BCUT2D eigenvalue weighted by molar-refractivity contribution is -0.384. The van der Waals surface area contributed by atoms with Crippen LogP contribution in [-0.2, 0) is 0 Å². The zero-order valence-electron chi connectivity index (χ0n) is 13.3. The number of carbonyl (C=O) groups is 1. The summed E-state index contributed by atoms with van der Waals surface area (Å²) in [5.41, 5.74) is 1.65. The third kappa shape index (κ3) is 5.60. The van der Waals surface area contributed by atoms with Gasteiger partial charge in [0.1, 0.15) is 5.75 Å². The number of ether oxygens (including phenoxy) is 1. The monoisotopic (exact) mass is 329 g/mol. The van der Waals surface area contributed by atoms with Gasteiger partial charge in [-0.25, -0.2) is 4.79 Å². The largest absolute Gasteiger partial charge is 0.494 e. The number of benzene rings is 2. The highest BCUT2D eigenvalue weighted by molar-refractivity contribution is 5.89. The lowest BCUT2D eigenvalue weighted by Gasteiger charge is -2.09. The number of nitro benzene ring substituents is 1. The second-order valence-corrected chi connectivity index (χ2v) is 5.20. The number of nitro groups is 1. The normalized spacial score (nSPS) is 10.0. The lowest BCUT2D eigenvalue weighted by Crippen LogP contribution is -2.30. The van der Waals surface area contributed by atoms with E-state index in [1.54, 1.807) is 0 Å². The number of urea groups is 1. The van der Waals surface area contributed by atoms with E-state index in [1.165, 1.54) is 29.8 Å². The summed E-state index contributed by atoms with van der Waals surface area (Å²) >= 11 is 0. The Morgan fingerprint density at radius 3 is 2.42 bits per heavy atom. The maximum absolute atomic E-state index is 11.7. The van der Waals surface area contributed by atoms with Crippen molar-refractivity contribution in [1.29, 1.82) is 0 Å². The van der Waals surface area contributed by atoms with Gasteiger partial charge >= 0.3 is 6.03 Å². The summed E-state index contributed by atoms with van der Waals surface area (Å²) in [6.07, 6.45) is 0.668. The average molecular weight is 329 g/mol. The second-order valence-electron chi connectivity index (χ2n) is 5.20. The Bertz CT molecular complexity index is 684. The maximum atomic E-state index is 11.7. The zero-order valence-corrected chi connectivity index (χ0v) is 13.3. The van der Waals surface area contributed by atoms with Gasteiger partial charge in [0, 0.05) is 24.4 Å². The molecule has 0 fully saturated rings. The molecule has 7 nitrogen and oxygen atoms in total. The molecule has 0 aliphatic carbocycles. The molecule has 2 aromatic rings. The van der Waals surface area contributed by atoms with Crippen molar-refractivity contribution in [2.75, 3.05) is 18.5 Å². The molecule has 2 aromatic carbocycles. The van der Waals surface area contributed by atoms with Crippen molar-refractivity contribution < 1.29 is 14.5 Å². The minimum Gasteiger partial charge on any atom is -0.494 e. The van der Waals surface area contributed by atoms with Crippen molar-refractivity contribution in [3.8, 4) is 5.75 Å². The molecule has 2 rings (SSSR count). The number of anilines is 1. The van der Waals surface area contributed by atoms with Crippen LogP contribution in [0.25, 0.3) is 0 Å². The van der Waals surface area contributed by atoms with Gasteiger partial charge in [-0.1, -0.05) is 17.7 Å². The van der Waals surface area contributed by atoms with E-state index in [2.05, 4.69) is 10.6 Å². The Kier molecular flexibility index (Phi) is 6.13. The Morgan fingerprint density at radius 2 is 1.79 bits per heavy atom. The molecule has 0 spiro atoms. The van der Waals surface area contributed by atoms with Gasteiger partial charge in [-0.05, 0) is 37.6 Å². The molecule has 0 radical (unpaired) electrons. The van der Waals surface area contributed by atoms with Gasteiger partial charge in [-0.15, -0.1) is 0 Å². The van der Waals surface area contributed by atoms with E-state index in [-0.39, 0.29) is 11.7 Å². The minimum atomic E-state index is -0.488. The molecule has 2 amide bonds. The highest BCUT2D eigenvalue weighted by Crippen LogP contribution is 2.15. The molecule has 24 heavy (non-hydrogen) atoms. The molecule has 0 aromatic heterocycles. The van der Waals surface area contributed by atoms with Gasteiger partial charge < -0.3 is 15.4 Å². The Balaban J connectivity index is 1.64. The molecule has 0 atom stereocenters. The van der Waals surface area contributed by atoms with Gasteiger partial charge in [0.05, 0.1) is 11.5 Å². The summed E-state index contributed by atoms with van der Waals surface area (Å²) in [7, 11) is 0. The van der Waals surface area contributed by atoms with Crippen molar-refractivity contribution in [3.05, 3.63) is 64.2 Å². The van der Waals surface area contributed by atoms with Crippen molar-refractivity contribution in [1.82, 2.24) is 5.32 Å². The van der Waals surface area contributed by atoms with E-state index in [9.17, 15) is 14.9 Å². The molecule has 0 aliphatic heterocycles.